The Morgan fingerprint density at radius 2 is 2.07 bits per heavy atom. The molecule has 6 nitrogen and oxygen atoms in total. The highest BCUT2D eigenvalue weighted by molar-refractivity contribution is 9.10. The monoisotopic (exact) mass is 455 g/mol. The smallest absolute Gasteiger partial charge is 0.410 e. The average Bonchev–Trinajstić information content (AvgIpc) is 2.97. The number of rotatable bonds is 2. The van der Waals surface area contributed by atoms with Crippen molar-refractivity contribution >= 4 is 43.4 Å². The molecule has 0 N–H and O–H groups in total. The Morgan fingerprint density at radius 3 is 2.70 bits per heavy atom. The van der Waals surface area contributed by atoms with Crippen molar-refractivity contribution < 1.29 is 9.53 Å². The number of nitrogens with zero attached hydrogens (tertiary/aromatic N) is 3. The number of pyridine rings is 1. The first kappa shape index (κ1) is 20.4. The molecular formula is C19H26BrN3O3S. The minimum atomic E-state index is -0.478. The third kappa shape index (κ3) is 4.55. The van der Waals surface area contributed by atoms with Crippen molar-refractivity contribution in [2.75, 3.05) is 19.6 Å². The van der Waals surface area contributed by atoms with E-state index in [4.69, 9.17) is 4.74 Å². The van der Waals surface area contributed by atoms with Crippen LogP contribution in [0, 0.1) is 0 Å². The van der Waals surface area contributed by atoms with Crippen molar-refractivity contribution in [3.63, 3.8) is 0 Å². The molecule has 3 heterocycles. The number of ether oxygens (including phenoxy) is 1. The Hall–Kier alpha value is -1.38. The van der Waals surface area contributed by atoms with E-state index < -0.39 is 5.60 Å². The minimum Gasteiger partial charge on any atom is -0.444 e. The highest BCUT2D eigenvalue weighted by Gasteiger charge is 2.30. The summed E-state index contributed by atoms with van der Waals surface area (Å²) in [5, 5.41) is 0.756. The number of hydrogen-bond donors (Lipinski definition) is 0. The molecule has 1 saturated heterocycles. The van der Waals surface area contributed by atoms with E-state index in [0.717, 1.165) is 32.5 Å². The molecule has 2 aromatic heterocycles. The van der Waals surface area contributed by atoms with Crippen molar-refractivity contribution in [3.05, 3.63) is 32.0 Å². The molecule has 1 amide bonds. The number of fused-ring (bicyclic) bond motifs is 1. The quantitative estimate of drug-likeness (QED) is 0.690. The van der Waals surface area contributed by atoms with Gasteiger partial charge < -0.3 is 14.2 Å². The van der Waals surface area contributed by atoms with E-state index in [0.29, 0.717) is 13.1 Å². The van der Waals surface area contributed by atoms with Crippen LogP contribution >= 0.6 is 27.3 Å². The summed E-state index contributed by atoms with van der Waals surface area (Å²) in [4.78, 5) is 29.9. The topological polar surface area (TPSA) is 54.8 Å². The SMILES string of the molecule is C[C@H]1CN(C(=O)OC(C)(C)C)CCN1Cc1cc2c(=O)n(C)cc(Br)c2s1. The number of halogens is 1. The molecule has 1 aliphatic heterocycles. The van der Waals surface area contributed by atoms with E-state index in [2.05, 4.69) is 27.8 Å². The first-order valence-corrected chi connectivity index (χ1v) is 10.7. The van der Waals surface area contributed by atoms with Gasteiger partial charge in [-0.05, 0) is 49.7 Å². The summed E-state index contributed by atoms with van der Waals surface area (Å²) in [5.41, 5.74) is -0.452. The summed E-state index contributed by atoms with van der Waals surface area (Å²) in [6, 6.07) is 2.22. The molecule has 8 heteroatoms. The molecule has 0 saturated carbocycles. The maximum atomic E-state index is 12.4. The second-order valence-corrected chi connectivity index (χ2v) is 10.1. The molecule has 3 rings (SSSR count). The van der Waals surface area contributed by atoms with Gasteiger partial charge in [0.15, 0.2) is 0 Å². The molecule has 2 aromatic rings. The lowest BCUT2D eigenvalue weighted by Crippen LogP contribution is -2.53. The fourth-order valence-electron chi connectivity index (χ4n) is 3.26. The van der Waals surface area contributed by atoms with Crippen molar-refractivity contribution in [1.82, 2.24) is 14.4 Å². The van der Waals surface area contributed by atoms with E-state index in [1.807, 2.05) is 33.0 Å². The number of carbonyl (C=O) groups is 1. The van der Waals surface area contributed by atoms with Crippen LogP contribution in [0.25, 0.3) is 10.1 Å². The molecule has 148 valence electrons. The number of piperazine rings is 1. The number of hydrogen-bond acceptors (Lipinski definition) is 5. The Kier molecular flexibility index (Phi) is 5.70. The van der Waals surface area contributed by atoms with Crippen molar-refractivity contribution in [2.45, 2.75) is 45.9 Å². The maximum Gasteiger partial charge on any atom is 0.410 e. The molecule has 27 heavy (non-hydrogen) atoms. The van der Waals surface area contributed by atoms with Crippen LogP contribution in [0.15, 0.2) is 21.5 Å². The summed E-state index contributed by atoms with van der Waals surface area (Å²) in [6.07, 6.45) is 1.57. The summed E-state index contributed by atoms with van der Waals surface area (Å²) < 4.78 is 9.02. The molecule has 0 bridgehead atoms. The third-order valence-electron chi connectivity index (χ3n) is 4.63. The summed E-state index contributed by atoms with van der Waals surface area (Å²) >= 11 is 5.21. The van der Waals surface area contributed by atoms with Gasteiger partial charge in [0, 0.05) is 50.3 Å². The minimum absolute atomic E-state index is 0.0264. The Balaban J connectivity index is 1.70. The zero-order chi connectivity index (χ0) is 19.9. The summed E-state index contributed by atoms with van der Waals surface area (Å²) in [7, 11) is 1.77. The second-order valence-electron chi connectivity index (χ2n) is 8.09. The van der Waals surface area contributed by atoms with Crippen molar-refractivity contribution in [1.29, 1.82) is 0 Å². The zero-order valence-electron chi connectivity index (χ0n) is 16.4. The molecule has 0 aromatic carbocycles. The molecule has 1 atom stereocenters. The highest BCUT2D eigenvalue weighted by Crippen LogP contribution is 2.31. The Bertz CT molecular complexity index is 915. The zero-order valence-corrected chi connectivity index (χ0v) is 18.8. The first-order chi connectivity index (χ1) is 12.5. The molecule has 0 aliphatic carbocycles. The van der Waals surface area contributed by atoms with Gasteiger partial charge in [-0.1, -0.05) is 0 Å². The third-order valence-corrected chi connectivity index (χ3v) is 6.65. The van der Waals surface area contributed by atoms with Gasteiger partial charge in [-0.15, -0.1) is 11.3 Å². The molecule has 0 spiro atoms. The Labute approximate surface area is 171 Å². The molecule has 0 radical (unpaired) electrons. The van der Waals surface area contributed by atoms with Crippen LogP contribution in [0.4, 0.5) is 4.79 Å². The first-order valence-electron chi connectivity index (χ1n) is 9.04. The number of aryl methyl sites for hydroxylation is 1. The van der Waals surface area contributed by atoms with Crippen molar-refractivity contribution in [3.8, 4) is 0 Å². The Morgan fingerprint density at radius 1 is 1.37 bits per heavy atom. The predicted octanol–water partition coefficient (Wildman–Crippen LogP) is 3.80. The van der Waals surface area contributed by atoms with Gasteiger partial charge in [0.25, 0.3) is 5.56 Å². The number of carbonyl (C=O) groups excluding carboxylic acids is 1. The van der Waals surface area contributed by atoms with Gasteiger partial charge in [-0.25, -0.2) is 4.79 Å². The normalized spacial score (nSPS) is 18.9. The van der Waals surface area contributed by atoms with E-state index >= 15 is 0 Å². The van der Waals surface area contributed by atoms with E-state index in [1.54, 1.807) is 27.9 Å². The van der Waals surface area contributed by atoms with Crippen LogP contribution < -0.4 is 5.56 Å². The van der Waals surface area contributed by atoms with Gasteiger partial charge in [0.05, 0.1) is 14.6 Å². The van der Waals surface area contributed by atoms with E-state index in [9.17, 15) is 9.59 Å². The maximum absolute atomic E-state index is 12.4. The fourth-order valence-corrected chi connectivity index (χ4v) is 5.10. The van der Waals surface area contributed by atoms with Gasteiger partial charge >= 0.3 is 6.09 Å². The average molecular weight is 456 g/mol. The lowest BCUT2D eigenvalue weighted by Gasteiger charge is -2.40. The lowest BCUT2D eigenvalue weighted by molar-refractivity contribution is 0.00475. The van der Waals surface area contributed by atoms with Gasteiger partial charge in [-0.3, -0.25) is 9.69 Å². The highest BCUT2D eigenvalue weighted by atomic mass is 79.9. The largest absolute Gasteiger partial charge is 0.444 e. The molecule has 1 fully saturated rings. The van der Waals surface area contributed by atoms with Crippen LogP contribution in [0.1, 0.15) is 32.6 Å². The van der Waals surface area contributed by atoms with Crippen LogP contribution in [-0.2, 0) is 18.3 Å². The lowest BCUT2D eigenvalue weighted by atomic mass is 10.2. The van der Waals surface area contributed by atoms with E-state index in [-0.39, 0.29) is 17.7 Å². The van der Waals surface area contributed by atoms with Crippen LogP contribution in [0.5, 0.6) is 0 Å². The van der Waals surface area contributed by atoms with Gasteiger partial charge in [-0.2, -0.15) is 0 Å². The van der Waals surface area contributed by atoms with Crippen LogP contribution in [-0.4, -0.2) is 51.7 Å². The van der Waals surface area contributed by atoms with Crippen LogP contribution in [0.3, 0.4) is 0 Å². The number of thiophene rings is 1. The summed E-state index contributed by atoms with van der Waals surface area (Å²) in [6.45, 7) is 10.6. The molecular weight excluding hydrogens is 430 g/mol. The predicted molar refractivity (Wildman–Crippen MR) is 112 cm³/mol. The van der Waals surface area contributed by atoms with Crippen LogP contribution in [0.2, 0.25) is 0 Å². The molecule has 1 aliphatic rings. The second kappa shape index (κ2) is 7.56. The van der Waals surface area contributed by atoms with E-state index in [1.165, 1.54) is 0 Å². The van der Waals surface area contributed by atoms with Gasteiger partial charge in [0.1, 0.15) is 5.60 Å². The van der Waals surface area contributed by atoms with Crippen molar-refractivity contribution in [2.24, 2.45) is 7.05 Å². The fraction of sp³-hybridized carbons (Fsp3) is 0.579. The standard InChI is InChI=1S/C19H26BrN3O3S/c1-12-9-23(18(25)26-19(2,3)4)7-6-22(12)10-13-8-14-16(27-13)15(20)11-21(5)17(14)24/h8,11-12H,6-7,9-10H2,1-5H3/t12-/m0/s1. The van der Waals surface area contributed by atoms with Gasteiger partial charge in [0.2, 0.25) is 0 Å². The summed E-state index contributed by atoms with van der Waals surface area (Å²) in [5.74, 6) is 0. The number of amides is 1. The number of aromatic nitrogens is 1. The molecule has 0 unspecified atom stereocenters.